The molecule has 0 aliphatic carbocycles. The van der Waals surface area contributed by atoms with Crippen LogP contribution in [-0.4, -0.2) is 16.1 Å². The zero-order valence-corrected chi connectivity index (χ0v) is 11.3. The third kappa shape index (κ3) is 3.61. The molecule has 1 N–H and O–H groups in total. The van der Waals surface area contributed by atoms with Crippen molar-refractivity contribution in [3.63, 3.8) is 0 Å². The fraction of sp³-hybridized carbons (Fsp3) is 0. The predicted octanol–water partition coefficient (Wildman–Crippen LogP) is 3.23. The van der Waals surface area contributed by atoms with Crippen LogP contribution in [0, 0.1) is 31.9 Å². The van der Waals surface area contributed by atoms with Crippen molar-refractivity contribution in [2.75, 3.05) is 5.43 Å². The third-order valence-corrected chi connectivity index (χ3v) is 2.76. The number of hydrazone groups is 1. The summed E-state index contributed by atoms with van der Waals surface area (Å²) in [4.78, 5) is 19.9. The van der Waals surface area contributed by atoms with Gasteiger partial charge in [-0.25, -0.2) is 8.78 Å². The molecule has 0 unspecified atom stereocenters. The molecule has 0 saturated heterocycles. The fourth-order valence-corrected chi connectivity index (χ4v) is 1.67. The Morgan fingerprint density at radius 1 is 1.09 bits per heavy atom. The molecule has 0 radical (unpaired) electrons. The first kappa shape index (κ1) is 15.9. The normalized spacial score (nSPS) is 10.7. The molecule has 2 rings (SSSR count). The van der Waals surface area contributed by atoms with E-state index in [4.69, 9.17) is 0 Å². The lowest BCUT2D eigenvalue weighted by Crippen LogP contribution is -1.99. The van der Waals surface area contributed by atoms with E-state index >= 15 is 0 Å². The summed E-state index contributed by atoms with van der Waals surface area (Å²) in [7, 11) is 0. The van der Waals surface area contributed by atoms with Crippen LogP contribution in [0.4, 0.5) is 25.8 Å². The van der Waals surface area contributed by atoms with E-state index in [1.165, 1.54) is 12.1 Å². The first-order chi connectivity index (χ1) is 10.9. The number of anilines is 1. The number of nitro groups is 2. The van der Waals surface area contributed by atoms with Gasteiger partial charge in [-0.1, -0.05) is 12.1 Å². The molecule has 2 aromatic rings. The number of rotatable bonds is 5. The van der Waals surface area contributed by atoms with Gasteiger partial charge in [0.2, 0.25) is 0 Å². The molecule has 10 heteroatoms. The number of benzene rings is 2. The molecule has 2 aromatic carbocycles. The number of nitrogens with one attached hydrogen (secondary N) is 1. The topological polar surface area (TPSA) is 111 Å². The Balaban J connectivity index is 2.26. The zero-order valence-electron chi connectivity index (χ0n) is 11.3. The Morgan fingerprint density at radius 2 is 1.83 bits per heavy atom. The molecule has 0 saturated carbocycles. The second-order valence-corrected chi connectivity index (χ2v) is 4.23. The van der Waals surface area contributed by atoms with Crippen molar-refractivity contribution in [1.82, 2.24) is 0 Å². The summed E-state index contributed by atoms with van der Waals surface area (Å²) in [6.45, 7) is 0. The number of halogens is 2. The maximum atomic E-state index is 13.4. The molecule has 0 spiro atoms. The van der Waals surface area contributed by atoms with Gasteiger partial charge in [-0.3, -0.25) is 25.7 Å². The van der Waals surface area contributed by atoms with Gasteiger partial charge in [-0.2, -0.15) is 5.10 Å². The minimum Gasteiger partial charge on any atom is -0.272 e. The van der Waals surface area contributed by atoms with E-state index in [2.05, 4.69) is 10.5 Å². The van der Waals surface area contributed by atoms with Gasteiger partial charge in [0.25, 0.3) is 5.69 Å². The lowest BCUT2D eigenvalue weighted by molar-refractivity contribution is -0.393. The monoisotopic (exact) mass is 322 g/mol. The van der Waals surface area contributed by atoms with Gasteiger partial charge < -0.3 is 0 Å². The number of non-ortho nitro benzene ring substituents is 1. The number of hydrogen-bond acceptors (Lipinski definition) is 6. The molecule has 0 aliphatic heterocycles. The van der Waals surface area contributed by atoms with E-state index in [-0.39, 0.29) is 11.3 Å². The Labute approximate surface area is 127 Å². The molecule has 0 aromatic heterocycles. The third-order valence-electron chi connectivity index (χ3n) is 2.76. The zero-order chi connectivity index (χ0) is 17.0. The Hall–Kier alpha value is -3.43. The van der Waals surface area contributed by atoms with Crippen LogP contribution >= 0.6 is 0 Å². The van der Waals surface area contributed by atoms with Crippen molar-refractivity contribution < 1.29 is 18.6 Å². The van der Waals surface area contributed by atoms with Crippen LogP contribution in [0.1, 0.15) is 5.56 Å². The maximum absolute atomic E-state index is 13.4. The highest BCUT2D eigenvalue weighted by Gasteiger charge is 2.19. The van der Waals surface area contributed by atoms with Crippen LogP contribution in [-0.2, 0) is 0 Å². The van der Waals surface area contributed by atoms with Crippen LogP contribution < -0.4 is 5.43 Å². The molecule has 118 valence electrons. The highest BCUT2D eigenvalue weighted by atomic mass is 19.2. The van der Waals surface area contributed by atoms with Crippen molar-refractivity contribution >= 4 is 23.3 Å². The fourth-order valence-electron chi connectivity index (χ4n) is 1.67. The number of nitro benzene ring substituents is 2. The quantitative estimate of drug-likeness (QED) is 0.516. The van der Waals surface area contributed by atoms with Gasteiger partial charge >= 0.3 is 5.69 Å². The molecule has 0 heterocycles. The maximum Gasteiger partial charge on any atom is 0.301 e. The molecule has 0 amide bonds. The lowest BCUT2D eigenvalue weighted by Gasteiger charge is -2.02. The molecule has 0 atom stereocenters. The standard InChI is InChI=1S/C13H8F2N4O4/c14-10-3-1-2-8(13(10)15)7-16-17-11-5-4-9(18(20)21)6-12(11)19(22)23/h1-7,17H. The van der Waals surface area contributed by atoms with E-state index in [0.29, 0.717) is 0 Å². The highest BCUT2D eigenvalue weighted by Crippen LogP contribution is 2.28. The molecule has 8 nitrogen and oxygen atoms in total. The van der Waals surface area contributed by atoms with E-state index in [1.807, 2.05) is 0 Å². The molecule has 0 fully saturated rings. The SMILES string of the molecule is O=[N+]([O-])c1ccc(NN=Cc2cccc(F)c2F)c([N+](=O)[O-])c1. The van der Waals surface area contributed by atoms with Crippen molar-refractivity contribution in [1.29, 1.82) is 0 Å². The van der Waals surface area contributed by atoms with Gasteiger partial charge in [-0.15, -0.1) is 0 Å². The van der Waals surface area contributed by atoms with Gasteiger partial charge in [0, 0.05) is 11.6 Å². The second kappa shape index (κ2) is 6.56. The Kier molecular flexibility index (Phi) is 4.55. The number of hydrogen-bond donors (Lipinski definition) is 1. The number of nitrogens with zero attached hydrogens (tertiary/aromatic N) is 3. The summed E-state index contributed by atoms with van der Waals surface area (Å²) in [5, 5.41) is 25.1. The summed E-state index contributed by atoms with van der Waals surface area (Å²) in [5.74, 6) is -2.17. The van der Waals surface area contributed by atoms with Gasteiger partial charge in [0.15, 0.2) is 11.6 Å². The lowest BCUT2D eigenvalue weighted by atomic mass is 10.2. The second-order valence-electron chi connectivity index (χ2n) is 4.23. The minimum atomic E-state index is -1.11. The molecular weight excluding hydrogens is 314 g/mol. The molecule has 0 aliphatic rings. The average molecular weight is 322 g/mol. The van der Waals surface area contributed by atoms with Crippen LogP contribution in [0.5, 0.6) is 0 Å². The van der Waals surface area contributed by atoms with Gasteiger partial charge in [0.05, 0.1) is 22.1 Å². The van der Waals surface area contributed by atoms with Gasteiger partial charge in [0.1, 0.15) is 5.69 Å². The Morgan fingerprint density at radius 3 is 2.48 bits per heavy atom. The van der Waals surface area contributed by atoms with E-state index in [1.54, 1.807) is 0 Å². The van der Waals surface area contributed by atoms with Crippen LogP contribution in [0.3, 0.4) is 0 Å². The molecule has 0 bridgehead atoms. The van der Waals surface area contributed by atoms with E-state index in [0.717, 1.165) is 30.5 Å². The summed E-state index contributed by atoms with van der Waals surface area (Å²) >= 11 is 0. The van der Waals surface area contributed by atoms with Crippen LogP contribution in [0.25, 0.3) is 0 Å². The largest absolute Gasteiger partial charge is 0.301 e. The predicted molar refractivity (Wildman–Crippen MR) is 77.3 cm³/mol. The van der Waals surface area contributed by atoms with Crippen molar-refractivity contribution in [2.24, 2.45) is 5.10 Å². The van der Waals surface area contributed by atoms with E-state index in [9.17, 15) is 29.0 Å². The molecular formula is C13H8F2N4O4. The first-order valence-electron chi connectivity index (χ1n) is 6.06. The van der Waals surface area contributed by atoms with Crippen molar-refractivity contribution in [2.45, 2.75) is 0 Å². The van der Waals surface area contributed by atoms with E-state index < -0.39 is 32.9 Å². The summed E-state index contributed by atoms with van der Waals surface area (Å²) in [6, 6.07) is 6.37. The summed E-state index contributed by atoms with van der Waals surface area (Å²) < 4.78 is 26.4. The molecule has 23 heavy (non-hydrogen) atoms. The van der Waals surface area contributed by atoms with Crippen LogP contribution in [0.2, 0.25) is 0 Å². The smallest absolute Gasteiger partial charge is 0.272 e. The Bertz CT molecular complexity index is 811. The summed E-state index contributed by atoms with van der Waals surface area (Å²) in [6.07, 6.45) is 0.934. The average Bonchev–Trinajstić information content (AvgIpc) is 2.51. The first-order valence-corrected chi connectivity index (χ1v) is 6.06. The summed E-state index contributed by atoms with van der Waals surface area (Å²) in [5.41, 5.74) is 0.947. The minimum absolute atomic E-state index is 0.131. The highest BCUT2D eigenvalue weighted by molar-refractivity contribution is 5.81. The van der Waals surface area contributed by atoms with Crippen molar-refractivity contribution in [3.05, 3.63) is 73.8 Å². The van der Waals surface area contributed by atoms with Crippen molar-refractivity contribution in [3.8, 4) is 0 Å². The van der Waals surface area contributed by atoms with Crippen LogP contribution in [0.15, 0.2) is 41.5 Å². The van der Waals surface area contributed by atoms with Gasteiger partial charge in [-0.05, 0) is 12.1 Å².